The maximum atomic E-state index is 13.3. The first kappa shape index (κ1) is 18.3. The molecule has 2 aromatic rings. The Hall–Kier alpha value is -2.00. The molecule has 0 unspecified atom stereocenters. The van der Waals surface area contributed by atoms with Gasteiger partial charge in [-0.05, 0) is 36.4 Å². The van der Waals surface area contributed by atoms with Gasteiger partial charge in [0.05, 0.1) is 23.3 Å². The van der Waals surface area contributed by atoms with Crippen LogP contribution in [0.15, 0.2) is 41.3 Å². The van der Waals surface area contributed by atoms with Gasteiger partial charge in [-0.25, -0.2) is 12.8 Å². The normalized spacial score (nSPS) is 12.1. The first-order valence-electron chi connectivity index (χ1n) is 6.27. The predicted octanol–water partition coefficient (Wildman–Crippen LogP) is 4.31. The summed E-state index contributed by atoms with van der Waals surface area (Å²) >= 11 is 5.77. The summed E-state index contributed by atoms with van der Waals surface area (Å²) in [5, 5.41) is 0.184. The highest BCUT2D eigenvalue weighted by Gasteiger charge is 2.35. The molecule has 2 aromatic carbocycles. The van der Waals surface area contributed by atoms with Gasteiger partial charge in [-0.2, -0.15) is 13.2 Å². The number of sulfonamides is 1. The number of anilines is 1. The Balaban J connectivity index is 2.47. The minimum Gasteiger partial charge on any atom is -0.495 e. The van der Waals surface area contributed by atoms with E-state index < -0.39 is 32.5 Å². The molecule has 0 aromatic heterocycles. The van der Waals surface area contributed by atoms with Crippen LogP contribution in [0.25, 0.3) is 0 Å². The van der Waals surface area contributed by atoms with Crippen LogP contribution in [0.2, 0.25) is 5.02 Å². The van der Waals surface area contributed by atoms with Crippen LogP contribution in [0, 0.1) is 5.82 Å². The maximum Gasteiger partial charge on any atom is 0.419 e. The number of hydrogen-bond donors (Lipinski definition) is 1. The number of methoxy groups -OCH3 is 1. The van der Waals surface area contributed by atoms with Gasteiger partial charge in [-0.15, -0.1) is 0 Å². The second-order valence-electron chi connectivity index (χ2n) is 4.59. The third kappa shape index (κ3) is 3.90. The zero-order valence-corrected chi connectivity index (χ0v) is 13.6. The Bertz CT molecular complexity index is 869. The molecule has 0 saturated carbocycles. The lowest BCUT2D eigenvalue weighted by Crippen LogP contribution is -2.16. The van der Waals surface area contributed by atoms with E-state index in [2.05, 4.69) is 4.72 Å². The third-order valence-electron chi connectivity index (χ3n) is 2.96. The van der Waals surface area contributed by atoms with Crippen molar-refractivity contribution in [2.45, 2.75) is 11.1 Å². The summed E-state index contributed by atoms with van der Waals surface area (Å²) in [6.45, 7) is 0. The van der Waals surface area contributed by atoms with Gasteiger partial charge < -0.3 is 4.74 Å². The van der Waals surface area contributed by atoms with E-state index in [0.717, 1.165) is 6.07 Å². The lowest BCUT2D eigenvalue weighted by Gasteiger charge is -2.14. The van der Waals surface area contributed by atoms with Crippen LogP contribution in [0.5, 0.6) is 5.75 Å². The smallest absolute Gasteiger partial charge is 0.419 e. The number of halogens is 5. The number of nitrogens with one attached hydrogen (secondary N) is 1. The van der Waals surface area contributed by atoms with Crippen LogP contribution in [0.3, 0.4) is 0 Å². The molecule has 10 heteroatoms. The molecule has 0 fully saturated rings. The molecule has 24 heavy (non-hydrogen) atoms. The highest BCUT2D eigenvalue weighted by Crippen LogP contribution is 2.34. The molecule has 0 saturated heterocycles. The summed E-state index contributed by atoms with van der Waals surface area (Å²) in [6, 6.07) is 5.43. The molecule has 0 spiro atoms. The van der Waals surface area contributed by atoms with Crippen LogP contribution in [-0.4, -0.2) is 15.5 Å². The van der Waals surface area contributed by atoms with E-state index in [1.807, 2.05) is 0 Å². The van der Waals surface area contributed by atoms with E-state index in [4.69, 9.17) is 16.3 Å². The summed E-state index contributed by atoms with van der Waals surface area (Å²) in [4.78, 5) is -0.752. The van der Waals surface area contributed by atoms with Crippen molar-refractivity contribution in [1.29, 1.82) is 0 Å². The fourth-order valence-corrected chi connectivity index (χ4v) is 3.11. The predicted molar refractivity (Wildman–Crippen MR) is 80.2 cm³/mol. The number of hydrogen-bond acceptors (Lipinski definition) is 3. The van der Waals surface area contributed by atoms with Gasteiger partial charge in [-0.1, -0.05) is 11.6 Å². The molecule has 130 valence electrons. The lowest BCUT2D eigenvalue weighted by molar-refractivity contribution is -0.140. The Labute approximate surface area is 140 Å². The summed E-state index contributed by atoms with van der Waals surface area (Å²) < 4.78 is 83.0. The number of ether oxygens (including phenoxy) is 1. The van der Waals surface area contributed by atoms with Gasteiger partial charge >= 0.3 is 6.18 Å². The molecule has 0 heterocycles. The zero-order chi connectivity index (χ0) is 18.1. The van der Waals surface area contributed by atoms with Gasteiger partial charge in [0.15, 0.2) is 0 Å². The average molecular weight is 384 g/mol. The van der Waals surface area contributed by atoms with Crippen molar-refractivity contribution in [3.05, 3.63) is 52.8 Å². The molecular weight excluding hydrogens is 374 g/mol. The highest BCUT2D eigenvalue weighted by molar-refractivity contribution is 7.92. The molecule has 0 bridgehead atoms. The summed E-state index contributed by atoms with van der Waals surface area (Å²) in [5.41, 5.74) is -1.74. The zero-order valence-electron chi connectivity index (χ0n) is 12.0. The molecule has 0 aliphatic carbocycles. The second kappa shape index (κ2) is 6.48. The SMILES string of the molecule is COc1ccc(Cl)cc1NS(=O)(=O)c1ccc(F)c(C(F)(F)F)c1. The number of alkyl halides is 3. The Morgan fingerprint density at radius 1 is 1.12 bits per heavy atom. The van der Waals surface area contributed by atoms with Crippen LogP contribution in [0.1, 0.15) is 5.56 Å². The fourth-order valence-electron chi connectivity index (χ4n) is 1.85. The van der Waals surface area contributed by atoms with Crippen LogP contribution < -0.4 is 9.46 Å². The average Bonchev–Trinajstić information content (AvgIpc) is 2.46. The topological polar surface area (TPSA) is 55.4 Å². The van der Waals surface area contributed by atoms with E-state index in [-0.39, 0.29) is 22.5 Å². The van der Waals surface area contributed by atoms with Crippen LogP contribution >= 0.6 is 11.6 Å². The third-order valence-corrected chi connectivity index (χ3v) is 4.56. The van der Waals surface area contributed by atoms with E-state index in [0.29, 0.717) is 6.07 Å². The van der Waals surface area contributed by atoms with E-state index in [9.17, 15) is 26.0 Å². The van der Waals surface area contributed by atoms with Crippen molar-refractivity contribution in [3.63, 3.8) is 0 Å². The minimum atomic E-state index is -5.02. The monoisotopic (exact) mass is 383 g/mol. The standard InChI is InChI=1S/C14H10ClF4NO3S/c1-23-13-5-2-8(15)6-12(13)20-24(21,22)9-3-4-11(16)10(7-9)14(17,18)19/h2-7,20H,1H3. The largest absolute Gasteiger partial charge is 0.495 e. The van der Waals surface area contributed by atoms with Crippen molar-refractivity contribution in [3.8, 4) is 5.75 Å². The Morgan fingerprint density at radius 3 is 2.38 bits per heavy atom. The lowest BCUT2D eigenvalue weighted by atomic mass is 10.2. The maximum absolute atomic E-state index is 13.3. The summed E-state index contributed by atoms with van der Waals surface area (Å²) in [7, 11) is -3.14. The first-order valence-corrected chi connectivity index (χ1v) is 8.14. The molecule has 0 amide bonds. The number of rotatable bonds is 4. The minimum absolute atomic E-state index is 0.0668. The molecule has 0 aliphatic heterocycles. The van der Waals surface area contributed by atoms with Crippen molar-refractivity contribution >= 4 is 27.3 Å². The van der Waals surface area contributed by atoms with Crippen molar-refractivity contribution in [1.82, 2.24) is 0 Å². The second-order valence-corrected chi connectivity index (χ2v) is 6.71. The van der Waals surface area contributed by atoms with E-state index in [1.54, 1.807) is 0 Å². The van der Waals surface area contributed by atoms with Gasteiger partial charge in [0, 0.05) is 5.02 Å². The van der Waals surface area contributed by atoms with Gasteiger partial charge in [0.1, 0.15) is 11.6 Å². The molecule has 0 atom stereocenters. The van der Waals surface area contributed by atoms with E-state index >= 15 is 0 Å². The quantitative estimate of drug-likeness (QED) is 0.800. The summed E-state index contributed by atoms with van der Waals surface area (Å²) in [6.07, 6.45) is -5.02. The van der Waals surface area contributed by atoms with Crippen molar-refractivity contribution in [2.75, 3.05) is 11.8 Å². The Morgan fingerprint density at radius 2 is 1.79 bits per heavy atom. The fraction of sp³-hybridized carbons (Fsp3) is 0.143. The number of benzene rings is 2. The molecule has 0 radical (unpaired) electrons. The van der Waals surface area contributed by atoms with Crippen molar-refractivity contribution < 1.29 is 30.7 Å². The van der Waals surface area contributed by atoms with E-state index in [1.165, 1.54) is 25.3 Å². The Kier molecular flexibility index (Phi) is 4.95. The van der Waals surface area contributed by atoms with Gasteiger partial charge in [0.25, 0.3) is 10.0 Å². The first-order chi connectivity index (χ1) is 11.0. The molecule has 0 aliphatic rings. The summed E-state index contributed by atoms with van der Waals surface area (Å²) in [5.74, 6) is -1.46. The van der Waals surface area contributed by atoms with Gasteiger partial charge in [0.2, 0.25) is 0 Å². The van der Waals surface area contributed by atoms with Crippen molar-refractivity contribution in [2.24, 2.45) is 0 Å². The van der Waals surface area contributed by atoms with Crippen LogP contribution in [-0.2, 0) is 16.2 Å². The van der Waals surface area contributed by atoms with Gasteiger partial charge in [-0.3, -0.25) is 4.72 Å². The molecule has 4 nitrogen and oxygen atoms in total. The molecular formula is C14H10ClF4NO3S. The molecule has 2 rings (SSSR count). The highest BCUT2D eigenvalue weighted by atomic mass is 35.5. The molecule has 1 N–H and O–H groups in total. The van der Waals surface area contributed by atoms with Crippen LogP contribution in [0.4, 0.5) is 23.2 Å².